The monoisotopic (exact) mass is 387 g/mol. The summed E-state index contributed by atoms with van der Waals surface area (Å²) in [6.45, 7) is 0. The van der Waals surface area contributed by atoms with Gasteiger partial charge in [-0.1, -0.05) is 72.4 Å². The van der Waals surface area contributed by atoms with Crippen molar-refractivity contribution >= 4 is 44.9 Å². The minimum Gasteiger partial charge on any atom is -0.292 e. The summed E-state index contributed by atoms with van der Waals surface area (Å²) >= 11 is 2.73. The zero-order valence-corrected chi connectivity index (χ0v) is 15.7. The predicted octanol–water partition coefficient (Wildman–Crippen LogP) is 5.36. The van der Waals surface area contributed by atoms with Gasteiger partial charge in [0.25, 0.3) is 0 Å². The smallest absolute Gasteiger partial charge is 0.198 e. The van der Waals surface area contributed by atoms with Crippen LogP contribution in [0.4, 0.5) is 0 Å². The highest BCUT2D eigenvalue weighted by Crippen LogP contribution is 2.54. The van der Waals surface area contributed by atoms with Gasteiger partial charge in [-0.05, 0) is 18.2 Å². The number of carbonyl (C=O) groups is 2. The number of fused-ring (bicyclic) bond motifs is 2. The van der Waals surface area contributed by atoms with Gasteiger partial charge in [-0.3, -0.25) is 9.59 Å². The second kappa shape index (κ2) is 6.15. The third-order valence-corrected chi connectivity index (χ3v) is 7.40. The van der Waals surface area contributed by atoms with E-state index in [0.29, 0.717) is 16.1 Å². The minimum absolute atomic E-state index is 0.184. The van der Waals surface area contributed by atoms with Crippen LogP contribution in [0.25, 0.3) is 10.2 Å². The van der Waals surface area contributed by atoms with E-state index >= 15 is 0 Å². The molecule has 2 heterocycles. The van der Waals surface area contributed by atoms with Crippen molar-refractivity contribution in [2.75, 3.05) is 0 Å². The quantitative estimate of drug-likeness (QED) is 0.351. The molecule has 0 aliphatic carbocycles. The van der Waals surface area contributed by atoms with Crippen LogP contribution in [-0.4, -0.2) is 16.6 Å². The highest BCUT2D eigenvalue weighted by molar-refractivity contribution is 8.02. The second-order valence-electron chi connectivity index (χ2n) is 6.29. The van der Waals surface area contributed by atoms with E-state index in [0.717, 1.165) is 15.1 Å². The van der Waals surface area contributed by atoms with E-state index in [1.165, 1.54) is 23.1 Å². The molecule has 1 aliphatic heterocycles. The molecular weight excluding hydrogens is 374 g/mol. The molecule has 3 nitrogen and oxygen atoms in total. The molecule has 0 bridgehead atoms. The first-order valence-corrected chi connectivity index (χ1v) is 10.1. The number of Topliss-reactive ketones (excluding diaryl/α,β-unsaturated/α-hetero) is 2. The van der Waals surface area contributed by atoms with E-state index < -0.39 is 4.75 Å². The fraction of sp³-hybridized carbons (Fsp3) is 0.0455. The topological polar surface area (TPSA) is 47.0 Å². The lowest BCUT2D eigenvalue weighted by Gasteiger charge is -2.22. The molecule has 27 heavy (non-hydrogen) atoms. The normalized spacial score (nSPS) is 18.6. The molecule has 5 rings (SSSR count). The third-order valence-electron chi connectivity index (χ3n) is 4.67. The lowest BCUT2D eigenvalue weighted by Crippen LogP contribution is -2.37. The molecule has 0 saturated carbocycles. The average molecular weight is 387 g/mol. The Morgan fingerprint density at radius 1 is 0.852 bits per heavy atom. The van der Waals surface area contributed by atoms with Gasteiger partial charge in [0.05, 0.1) is 10.2 Å². The molecule has 4 aromatic rings. The Kier molecular flexibility index (Phi) is 3.74. The van der Waals surface area contributed by atoms with Crippen LogP contribution in [0.3, 0.4) is 0 Å². The summed E-state index contributed by atoms with van der Waals surface area (Å²) in [6, 6.07) is 24.1. The number of thioether (sulfide) groups is 1. The fourth-order valence-corrected chi connectivity index (χ4v) is 5.94. The Balaban J connectivity index is 1.76. The van der Waals surface area contributed by atoms with Gasteiger partial charge in [0.1, 0.15) is 5.01 Å². The maximum absolute atomic E-state index is 13.7. The van der Waals surface area contributed by atoms with Crippen molar-refractivity contribution in [2.24, 2.45) is 0 Å². The second-order valence-corrected chi connectivity index (χ2v) is 8.58. The van der Waals surface area contributed by atoms with Crippen LogP contribution < -0.4 is 0 Å². The zero-order valence-electron chi connectivity index (χ0n) is 14.1. The van der Waals surface area contributed by atoms with E-state index in [2.05, 4.69) is 0 Å². The van der Waals surface area contributed by atoms with Crippen molar-refractivity contribution in [1.82, 2.24) is 4.98 Å². The van der Waals surface area contributed by atoms with Crippen LogP contribution >= 0.6 is 23.1 Å². The molecule has 0 amide bonds. The van der Waals surface area contributed by atoms with Crippen molar-refractivity contribution in [2.45, 2.75) is 9.64 Å². The molecule has 0 saturated heterocycles. The van der Waals surface area contributed by atoms with Crippen molar-refractivity contribution in [3.05, 3.63) is 95.0 Å². The van der Waals surface area contributed by atoms with Crippen molar-refractivity contribution in [3.63, 3.8) is 0 Å². The number of para-hydroxylation sites is 1. The molecule has 0 fully saturated rings. The van der Waals surface area contributed by atoms with Gasteiger partial charge in [-0.2, -0.15) is 0 Å². The summed E-state index contributed by atoms with van der Waals surface area (Å²) in [5, 5.41) is 0.545. The maximum atomic E-state index is 13.7. The van der Waals surface area contributed by atoms with Crippen LogP contribution in [0.1, 0.15) is 25.7 Å². The van der Waals surface area contributed by atoms with Crippen LogP contribution in [0.5, 0.6) is 0 Å². The Bertz CT molecular complexity index is 1170. The van der Waals surface area contributed by atoms with Crippen molar-refractivity contribution in [3.8, 4) is 0 Å². The summed E-state index contributed by atoms with van der Waals surface area (Å²) in [5.74, 6) is -0.399. The average Bonchev–Trinajstić information content (AvgIpc) is 3.28. The lowest BCUT2D eigenvalue weighted by atomic mass is 9.90. The number of rotatable bonds is 3. The number of hydrogen-bond donors (Lipinski definition) is 0. The van der Waals surface area contributed by atoms with Gasteiger partial charge in [-0.25, -0.2) is 4.98 Å². The number of aromatic nitrogens is 1. The molecule has 5 heteroatoms. The van der Waals surface area contributed by atoms with Gasteiger partial charge in [0.2, 0.25) is 0 Å². The van der Waals surface area contributed by atoms with Gasteiger partial charge in [0, 0.05) is 16.0 Å². The minimum atomic E-state index is -1.37. The largest absolute Gasteiger partial charge is 0.292 e. The van der Waals surface area contributed by atoms with Crippen LogP contribution in [-0.2, 0) is 4.75 Å². The van der Waals surface area contributed by atoms with E-state index in [-0.39, 0.29) is 11.6 Å². The highest BCUT2D eigenvalue weighted by atomic mass is 32.2. The Hall–Kier alpha value is -2.76. The molecule has 130 valence electrons. The van der Waals surface area contributed by atoms with Gasteiger partial charge < -0.3 is 0 Å². The van der Waals surface area contributed by atoms with Crippen molar-refractivity contribution in [1.29, 1.82) is 0 Å². The first-order valence-electron chi connectivity index (χ1n) is 8.49. The van der Waals surface area contributed by atoms with Crippen molar-refractivity contribution < 1.29 is 9.59 Å². The highest BCUT2D eigenvalue weighted by Gasteiger charge is 2.56. The number of hydrogen-bond acceptors (Lipinski definition) is 5. The Labute approximate surface area is 164 Å². The zero-order chi connectivity index (χ0) is 18.4. The molecule has 0 spiro atoms. The van der Waals surface area contributed by atoms with Crippen LogP contribution in [0.15, 0.2) is 83.8 Å². The van der Waals surface area contributed by atoms with E-state index in [9.17, 15) is 9.59 Å². The summed E-state index contributed by atoms with van der Waals surface area (Å²) in [7, 11) is 0. The first-order chi connectivity index (χ1) is 13.2. The van der Waals surface area contributed by atoms with Gasteiger partial charge in [-0.15, -0.1) is 11.3 Å². The van der Waals surface area contributed by atoms with Crippen LogP contribution in [0.2, 0.25) is 0 Å². The molecule has 1 unspecified atom stereocenters. The molecule has 1 atom stereocenters. The Morgan fingerprint density at radius 3 is 2.33 bits per heavy atom. The van der Waals surface area contributed by atoms with E-state index in [4.69, 9.17) is 4.98 Å². The molecule has 0 radical (unpaired) electrons. The number of benzene rings is 3. The number of nitrogens with zero attached hydrogens (tertiary/aromatic N) is 1. The maximum Gasteiger partial charge on any atom is 0.198 e. The predicted molar refractivity (Wildman–Crippen MR) is 109 cm³/mol. The summed E-state index contributed by atoms with van der Waals surface area (Å²) in [4.78, 5) is 32.7. The lowest BCUT2D eigenvalue weighted by molar-refractivity contribution is 0.0840. The van der Waals surface area contributed by atoms with Gasteiger partial charge >= 0.3 is 0 Å². The molecule has 0 N–H and O–H groups in total. The summed E-state index contributed by atoms with van der Waals surface area (Å²) < 4.78 is -0.397. The van der Waals surface area contributed by atoms with Crippen LogP contribution in [0, 0.1) is 0 Å². The number of carbonyl (C=O) groups excluding carboxylic acids is 2. The van der Waals surface area contributed by atoms with Gasteiger partial charge in [0.15, 0.2) is 16.3 Å². The standard InChI is InChI=1S/C22H13NO2S2/c24-19(14-8-2-1-3-9-14)22(20(25)15-10-4-6-12-17(15)27-22)21-23-16-11-5-7-13-18(16)26-21/h1-13H. The fourth-order valence-electron chi connectivity index (χ4n) is 3.35. The SMILES string of the molecule is O=C(c1ccccc1)C1(c2nc3ccccc3s2)Sc2ccccc2C1=O. The Morgan fingerprint density at radius 2 is 1.56 bits per heavy atom. The number of ketones is 2. The third kappa shape index (κ3) is 2.39. The molecule has 1 aromatic heterocycles. The van der Waals surface area contributed by atoms with E-state index in [1.54, 1.807) is 18.2 Å². The molecule has 1 aliphatic rings. The number of thiazole rings is 1. The first kappa shape index (κ1) is 16.4. The van der Waals surface area contributed by atoms with E-state index in [1.807, 2.05) is 60.7 Å². The molecule has 3 aromatic carbocycles. The molecular formula is C22H13NO2S2. The summed E-state index contributed by atoms with van der Waals surface area (Å²) in [6.07, 6.45) is 0. The summed E-state index contributed by atoms with van der Waals surface area (Å²) in [5.41, 5.74) is 1.92.